The van der Waals surface area contributed by atoms with E-state index in [4.69, 9.17) is 0 Å². The molecule has 5 fully saturated rings. The highest BCUT2D eigenvalue weighted by Gasteiger charge is 2.62. The van der Waals surface area contributed by atoms with E-state index in [0.717, 1.165) is 47.0 Å². The first-order chi connectivity index (χ1) is 15.9. The number of rotatable bonds is 7. The van der Waals surface area contributed by atoms with Crippen LogP contribution in [-0.4, -0.2) is 15.2 Å². The van der Waals surface area contributed by atoms with Crippen LogP contribution in [0, 0.1) is 41.4 Å². The van der Waals surface area contributed by atoms with Crippen LogP contribution in [0.15, 0.2) is 0 Å². The monoisotopic (exact) mass is 486 g/mol. The summed E-state index contributed by atoms with van der Waals surface area (Å²) in [6.45, 7) is 14.2. The molecule has 0 aromatic rings. The maximum absolute atomic E-state index is 2.98. The molecule has 0 amide bonds. The predicted molar refractivity (Wildman–Crippen MR) is 151 cm³/mol. The molecule has 0 N–H and O–H groups in total. The minimum atomic E-state index is -1.27. The molecular formula is C31H58Si2. The summed E-state index contributed by atoms with van der Waals surface area (Å²) in [6.07, 6.45) is 26.8. The lowest BCUT2D eigenvalue weighted by molar-refractivity contribution is 0.0153. The van der Waals surface area contributed by atoms with Crippen molar-refractivity contribution in [1.82, 2.24) is 0 Å². The van der Waals surface area contributed by atoms with E-state index in [1.807, 2.05) is 0 Å². The lowest BCUT2D eigenvalue weighted by Crippen LogP contribution is -2.65. The lowest BCUT2D eigenvalue weighted by Gasteiger charge is -2.59. The Hall–Kier alpha value is 0.434. The summed E-state index contributed by atoms with van der Waals surface area (Å²) in [5.74, 6) is 7.97. The van der Waals surface area contributed by atoms with Crippen molar-refractivity contribution in [3.05, 3.63) is 0 Å². The van der Waals surface area contributed by atoms with Crippen LogP contribution in [-0.2, 0) is 0 Å². The second-order valence-electron chi connectivity index (χ2n) is 15.0. The largest absolute Gasteiger partial charge is 0.0711 e. The van der Waals surface area contributed by atoms with Crippen molar-refractivity contribution >= 4 is 15.2 Å². The van der Waals surface area contributed by atoms with Gasteiger partial charge >= 0.3 is 0 Å². The van der Waals surface area contributed by atoms with Gasteiger partial charge in [-0.05, 0) is 65.3 Å². The van der Waals surface area contributed by atoms with Crippen molar-refractivity contribution in [3.8, 4) is 0 Å². The molecule has 2 heteroatoms. The first kappa shape index (κ1) is 25.1. The predicted octanol–water partition coefficient (Wildman–Crippen LogP) is 10.3. The Labute approximate surface area is 209 Å². The van der Waals surface area contributed by atoms with Crippen LogP contribution >= 0.6 is 0 Å². The van der Waals surface area contributed by atoms with E-state index >= 15 is 0 Å². The SMILES string of the molecule is CCCCC1CCC([Si](C)(C)[Si](C)(C)C2C3CCCC3C(C3CCCCC3)C3CCCC32)C1. The highest BCUT2D eigenvalue weighted by atomic mass is 29.3. The summed E-state index contributed by atoms with van der Waals surface area (Å²) >= 11 is 0. The van der Waals surface area contributed by atoms with Gasteiger partial charge in [-0.2, -0.15) is 0 Å². The minimum Gasteiger partial charge on any atom is -0.0711 e. The van der Waals surface area contributed by atoms with Gasteiger partial charge in [0.2, 0.25) is 0 Å². The molecule has 6 atom stereocenters. The molecule has 0 saturated heterocycles. The molecule has 0 nitrogen and oxygen atoms in total. The first-order valence-corrected chi connectivity index (χ1v) is 23.0. The smallest absolute Gasteiger partial charge is 0.0451 e. The summed E-state index contributed by atoms with van der Waals surface area (Å²) in [7, 11) is -2.48. The maximum Gasteiger partial charge on any atom is 0.0451 e. The van der Waals surface area contributed by atoms with Gasteiger partial charge < -0.3 is 0 Å². The van der Waals surface area contributed by atoms with E-state index in [0.29, 0.717) is 0 Å². The molecule has 5 aliphatic rings. The van der Waals surface area contributed by atoms with Crippen LogP contribution in [0.5, 0.6) is 0 Å². The van der Waals surface area contributed by atoms with Gasteiger partial charge in [0.05, 0.1) is 0 Å². The molecule has 33 heavy (non-hydrogen) atoms. The van der Waals surface area contributed by atoms with Gasteiger partial charge in [-0.25, -0.2) is 0 Å². The van der Waals surface area contributed by atoms with Gasteiger partial charge in [-0.15, -0.1) is 0 Å². The van der Waals surface area contributed by atoms with Gasteiger partial charge in [-0.1, -0.05) is 129 Å². The molecule has 0 aliphatic heterocycles. The number of hydrogen-bond acceptors (Lipinski definition) is 0. The van der Waals surface area contributed by atoms with E-state index in [9.17, 15) is 0 Å². The highest BCUT2D eigenvalue weighted by Crippen LogP contribution is 2.67. The standard InChI is InChI=1S/C31H58Si2/c1-6-7-13-23-20-21-25(22-23)32(2,3)33(4,5)31-28-18-11-16-26(28)30(24-14-9-8-10-15-24)27-17-12-19-29(27)31/h23-31H,6-22H2,1-5H3. The molecule has 5 aliphatic carbocycles. The van der Waals surface area contributed by atoms with Crippen molar-refractivity contribution in [3.63, 3.8) is 0 Å². The molecule has 190 valence electrons. The zero-order chi connectivity index (χ0) is 23.2. The average molecular weight is 487 g/mol. The molecule has 0 spiro atoms. The molecular weight excluding hydrogens is 429 g/mol. The fourth-order valence-corrected chi connectivity index (χ4v) is 25.7. The summed E-state index contributed by atoms with van der Waals surface area (Å²) < 4.78 is 0. The summed E-state index contributed by atoms with van der Waals surface area (Å²) in [6, 6.07) is 0. The van der Waals surface area contributed by atoms with E-state index in [1.165, 1.54) is 24.8 Å². The number of fused-ring (bicyclic) bond motifs is 2. The van der Waals surface area contributed by atoms with E-state index < -0.39 is 15.2 Å². The van der Waals surface area contributed by atoms with Crippen LogP contribution < -0.4 is 0 Å². The zero-order valence-electron chi connectivity index (χ0n) is 23.2. The third-order valence-corrected chi connectivity index (χ3v) is 34.0. The van der Waals surface area contributed by atoms with Gasteiger partial charge in [0.1, 0.15) is 0 Å². The second-order valence-corrected chi connectivity index (χ2v) is 31.1. The Bertz CT molecular complexity index is 625. The maximum atomic E-state index is 2.98. The van der Waals surface area contributed by atoms with Gasteiger partial charge in [-0.3, -0.25) is 0 Å². The number of hydrogen-bond donors (Lipinski definition) is 0. The molecule has 5 saturated carbocycles. The minimum absolute atomic E-state index is 1.09. The summed E-state index contributed by atoms with van der Waals surface area (Å²) in [5, 5.41) is 0. The molecule has 0 aromatic carbocycles. The van der Waals surface area contributed by atoms with Crippen molar-refractivity contribution < 1.29 is 0 Å². The second kappa shape index (κ2) is 10.1. The number of unbranched alkanes of at least 4 members (excludes halogenated alkanes) is 1. The van der Waals surface area contributed by atoms with Crippen molar-refractivity contribution in [1.29, 1.82) is 0 Å². The molecule has 0 heterocycles. The Kier molecular flexibility index (Phi) is 7.65. The summed E-state index contributed by atoms with van der Waals surface area (Å²) in [4.78, 5) is 0. The normalized spacial score (nSPS) is 42.5. The van der Waals surface area contributed by atoms with Crippen LogP contribution in [0.25, 0.3) is 0 Å². The molecule has 0 bridgehead atoms. The Morgan fingerprint density at radius 2 is 1.21 bits per heavy atom. The molecule has 5 rings (SSSR count). The van der Waals surface area contributed by atoms with E-state index in [1.54, 1.807) is 89.9 Å². The average Bonchev–Trinajstić information content (AvgIpc) is 3.56. The third kappa shape index (κ3) is 4.42. The summed E-state index contributed by atoms with van der Waals surface area (Å²) in [5.41, 5.74) is 2.37. The van der Waals surface area contributed by atoms with Gasteiger partial charge in [0, 0.05) is 15.2 Å². The van der Waals surface area contributed by atoms with Crippen LogP contribution in [0.3, 0.4) is 0 Å². The topological polar surface area (TPSA) is 0 Å². The Balaban J connectivity index is 1.40. The molecule has 6 unspecified atom stereocenters. The fraction of sp³-hybridized carbons (Fsp3) is 1.00. The quantitative estimate of drug-likeness (QED) is 0.314. The van der Waals surface area contributed by atoms with E-state index in [2.05, 4.69) is 33.1 Å². The van der Waals surface area contributed by atoms with Crippen molar-refractivity contribution in [2.45, 2.75) is 153 Å². The van der Waals surface area contributed by atoms with Crippen LogP contribution in [0.4, 0.5) is 0 Å². The first-order valence-electron chi connectivity index (χ1n) is 15.9. The Morgan fingerprint density at radius 1 is 0.606 bits per heavy atom. The molecule has 0 aromatic heterocycles. The zero-order valence-corrected chi connectivity index (χ0v) is 25.2. The van der Waals surface area contributed by atoms with Gasteiger partial charge in [0.15, 0.2) is 0 Å². The van der Waals surface area contributed by atoms with Crippen LogP contribution in [0.1, 0.15) is 116 Å². The Morgan fingerprint density at radius 3 is 1.82 bits per heavy atom. The van der Waals surface area contributed by atoms with Crippen LogP contribution in [0.2, 0.25) is 37.3 Å². The van der Waals surface area contributed by atoms with E-state index in [-0.39, 0.29) is 0 Å². The third-order valence-electron chi connectivity index (χ3n) is 13.4. The molecule has 0 radical (unpaired) electrons. The lowest BCUT2D eigenvalue weighted by atomic mass is 9.57. The van der Waals surface area contributed by atoms with Gasteiger partial charge in [0.25, 0.3) is 0 Å². The highest BCUT2D eigenvalue weighted by molar-refractivity contribution is 7.41. The fourth-order valence-electron chi connectivity index (χ4n) is 11.2. The van der Waals surface area contributed by atoms with Crippen molar-refractivity contribution in [2.75, 3.05) is 0 Å². The van der Waals surface area contributed by atoms with Crippen molar-refractivity contribution in [2.24, 2.45) is 41.4 Å².